The summed E-state index contributed by atoms with van der Waals surface area (Å²) in [6.45, 7) is 1.66. The van der Waals surface area contributed by atoms with Crippen LogP contribution in [-0.4, -0.2) is 16.2 Å². The van der Waals surface area contributed by atoms with Gasteiger partial charge in [0, 0.05) is 0 Å². The lowest BCUT2D eigenvalue weighted by Crippen LogP contribution is -2.08. The minimum atomic E-state index is -0.853. The first-order chi connectivity index (χ1) is 9.88. The number of aromatic hydroxyl groups is 1. The molecule has 0 aliphatic rings. The Morgan fingerprint density at radius 3 is 2.14 bits per heavy atom. The molecule has 0 heterocycles. The number of hydrogen-bond acceptors (Lipinski definition) is 3. The Morgan fingerprint density at radius 2 is 1.67 bits per heavy atom. The van der Waals surface area contributed by atoms with E-state index >= 15 is 0 Å². The summed E-state index contributed by atoms with van der Waals surface area (Å²) in [4.78, 5) is 11.1. The molecule has 2 N–H and O–H groups in total. The van der Waals surface area contributed by atoms with Crippen LogP contribution in [0.5, 0.6) is 17.2 Å². The maximum atomic E-state index is 11.1. The van der Waals surface area contributed by atoms with E-state index in [0.29, 0.717) is 11.5 Å². The lowest BCUT2D eigenvalue weighted by molar-refractivity contribution is -0.138. The molecule has 0 bridgehead atoms. The van der Waals surface area contributed by atoms with Crippen molar-refractivity contribution < 1.29 is 19.7 Å². The van der Waals surface area contributed by atoms with Crippen LogP contribution in [-0.2, 0) is 4.79 Å². The van der Waals surface area contributed by atoms with Crippen LogP contribution in [0.2, 0.25) is 0 Å². The maximum Gasteiger partial charge on any atom is 0.310 e. The molecule has 2 rings (SSSR count). The number of hydrogen-bond donors (Lipinski definition) is 2. The molecule has 21 heavy (non-hydrogen) atoms. The Kier molecular flexibility index (Phi) is 5.31. The number of phenols is 1. The van der Waals surface area contributed by atoms with Crippen molar-refractivity contribution in [3.63, 3.8) is 0 Å². The largest absolute Gasteiger partial charge is 0.508 e. The SMILES string of the molecule is CC(C(=O)O)c1cc(I)c(Oc2ccc(O)cc2)c(I)c1. The summed E-state index contributed by atoms with van der Waals surface area (Å²) in [6.07, 6.45) is 0. The van der Waals surface area contributed by atoms with Crippen LogP contribution >= 0.6 is 45.2 Å². The number of rotatable bonds is 4. The molecule has 6 heteroatoms. The number of carboxylic acids is 1. The Balaban J connectivity index is 2.33. The van der Waals surface area contributed by atoms with Crippen LogP contribution in [0.25, 0.3) is 0 Å². The first-order valence-corrected chi connectivity index (χ1v) is 8.23. The smallest absolute Gasteiger partial charge is 0.310 e. The van der Waals surface area contributed by atoms with Crippen LogP contribution in [0, 0.1) is 7.14 Å². The molecule has 1 unspecified atom stereocenters. The van der Waals surface area contributed by atoms with E-state index in [1.54, 1.807) is 31.2 Å². The van der Waals surface area contributed by atoms with Gasteiger partial charge >= 0.3 is 5.97 Å². The number of carboxylic acid groups (broad SMARTS) is 1. The van der Waals surface area contributed by atoms with E-state index in [0.717, 1.165) is 12.7 Å². The number of phenolic OH excluding ortho intramolecular Hbond substituents is 1. The molecule has 0 aliphatic heterocycles. The molecule has 0 radical (unpaired) electrons. The monoisotopic (exact) mass is 510 g/mol. The van der Waals surface area contributed by atoms with Gasteiger partial charge in [-0.2, -0.15) is 0 Å². The number of aliphatic carboxylic acids is 1. The molecule has 1 atom stereocenters. The highest BCUT2D eigenvalue weighted by Crippen LogP contribution is 2.35. The van der Waals surface area contributed by atoms with Crippen molar-refractivity contribution in [1.82, 2.24) is 0 Å². The van der Waals surface area contributed by atoms with Crippen molar-refractivity contribution in [2.75, 3.05) is 0 Å². The van der Waals surface area contributed by atoms with Crippen LogP contribution in [0.1, 0.15) is 18.4 Å². The van der Waals surface area contributed by atoms with Crippen LogP contribution in [0.3, 0.4) is 0 Å². The summed E-state index contributed by atoms with van der Waals surface area (Å²) in [5.74, 6) is 0.0619. The first-order valence-electron chi connectivity index (χ1n) is 6.07. The van der Waals surface area contributed by atoms with Crippen molar-refractivity contribution >= 4 is 51.2 Å². The fourth-order valence-corrected chi connectivity index (χ4v) is 3.74. The molecule has 0 amide bonds. The molecule has 0 spiro atoms. The first kappa shape index (κ1) is 16.3. The Hall–Kier alpha value is -1.03. The molecule has 110 valence electrons. The summed E-state index contributed by atoms with van der Waals surface area (Å²) in [7, 11) is 0. The van der Waals surface area contributed by atoms with E-state index in [9.17, 15) is 9.90 Å². The zero-order chi connectivity index (χ0) is 15.6. The van der Waals surface area contributed by atoms with Crippen molar-refractivity contribution in [2.24, 2.45) is 0 Å². The molecule has 2 aromatic carbocycles. The third-order valence-corrected chi connectivity index (χ3v) is 4.55. The van der Waals surface area contributed by atoms with Crippen molar-refractivity contribution in [1.29, 1.82) is 0 Å². The van der Waals surface area contributed by atoms with Crippen LogP contribution < -0.4 is 4.74 Å². The van der Waals surface area contributed by atoms with E-state index in [1.807, 2.05) is 12.1 Å². The average Bonchev–Trinajstić information content (AvgIpc) is 2.43. The predicted molar refractivity (Wildman–Crippen MR) is 96.1 cm³/mol. The normalized spacial score (nSPS) is 12.0. The molecule has 0 saturated heterocycles. The second kappa shape index (κ2) is 6.82. The van der Waals surface area contributed by atoms with Gasteiger partial charge in [-0.1, -0.05) is 0 Å². The van der Waals surface area contributed by atoms with Gasteiger partial charge in [-0.05, 0) is 94.1 Å². The van der Waals surface area contributed by atoms with E-state index in [1.165, 1.54) is 0 Å². The molecule has 0 aliphatic carbocycles. The van der Waals surface area contributed by atoms with Gasteiger partial charge in [-0.15, -0.1) is 0 Å². The standard InChI is InChI=1S/C15H12I2O4/c1-8(15(19)20)9-6-12(16)14(13(17)7-9)21-11-4-2-10(18)3-5-11/h2-8,18H,1H3,(H,19,20). The van der Waals surface area contributed by atoms with Gasteiger partial charge < -0.3 is 14.9 Å². The Morgan fingerprint density at radius 1 is 1.14 bits per heavy atom. The molecular weight excluding hydrogens is 498 g/mol. The van der Waals surface area contributed by atoms with Crippen LogP contribution in [0.4, 0.5) is 0 Å². The second-order valence-corrected chi connectivity index (χ2v) is 6.79. The predicted octanol–water partition coefficient (Wildman–Crippen LogP) is 4.58. The summed E-state index contributed by atoms with van der Waals surface area (Å²) in [5, 5.41) is 18.4. The van der Waals surface area contributed by atoms with Crippen molar-refractivity contribution in [3.8, 4) is 17.2 Å². The molecule has 0 saturated carbocycles. The summed E-state index contributed by atoms with van der Waals surface area (Å²) in [5.41, 5.74) is 0.745. The van der Waals surface area contributed by atoms with E-state index in [2.05, 4.69) is 45.2 Å². The van der Waals surface area contributed by atoms with Gasteiger partial charge in [0.1, 0.15) is 11.5 Å². The van der Waals surface area contributed by atoms with Gasteiger partial charge in [0.15, 0.2) is 5.75 Å². The third kappa shape index (κ3) is 4.00. The molecule has 4 nitrogen and oxygen atoms in total. The van der Waals surface area contributed by atoms with E-state index in [4.69, 9.17) is 9.84 Å². The highest BCUT2D eigenvalue weighted by atomic mass is 127. The zero-order valence-corrected chi connectivity index (χ0v) is 15.3. The fourth-order valence-electron chi connectivity index (χ4n) is 1.70. The molecule has 2 aromatic rings. The highest BCUT2D eigenvalue weighted by molar-refractivity contribution is 14.1. The van der Waals surface area contributed by atoms with Gasteiger partial charge in [0.05, 0.1) is 13.1 Å². The van der Waals surface area contributed by atoms with Gasteiger partial charge in [0.2, 0.25) is 0 Å². The summed E-state index contributed by atoms with van der Waals surface area (Å²) < 4.78 is 7.50. The van der Waals surface area contributed by atoms with E-state index < -0.39 is 11.9 Å². The maximum absolute atomic E-state index is 11.1. The second-order valence-electron chi connectivity index (χ2n) is 4.47. The van der Waals surface area contributed by atoms with E-state index in [-0.39, 0.29) is 5.75 Å². The minimum absolute atomic E-state index is 0.178. The zero-order valence-electron chi connectivity index (χ0n) is 11.0. The number of ether oxygens (including phenoxy) is 1. The Labute approximate surface area is 149 Å². The molecule has 0 aromatic heterocycles. The van der Waals surface area contributed by atoms with Gasteiger partial charge in [0.25, 0.3) is 0 Å². The summed E-state index contributed by atoms with van der Waals surface area (Å²) in [6, 6.07) is 10.1. The lowest BCUT2D eigenvalue weighted by atomic mass is 10.0. The topological polar surface area (TPSA) is 66.8 Å². The number of carbonyl (C=O) groups is 1. The molecule has 0 fully saturated rings. The van der Waals surface area contributed by atoms with Crippen LogP contribution in [0.15, 0.2) is 36.4 Å². The number of benzene rings is 2. The van der Waals surface area contributed by atoms with Gasteiger partial charge in [-0.3, -0.25) is 4.79 Å². The van der Waals surface area contributed by atoms with Crippen molar-refractivity contribution in [2.45, 2.75) is 12.8 Å². The molecular formula is C15H12I2O4. The summed E-state index contributed by atoms with van der Waals surface area (Å²) >= 11 is 4.26. The average molecular weight is 510 g/mol. The van der Waals surface area contributed by atoms with Crippen molar-refractivity contribution in [3.05, 3.63) is 49.1 Å². The third-order valence-electron chi connectivity index (χ3n) is 2.95. The van der Waals surface area contributed by atoms with Gasteiger partial charge in [-0.25, -0.2) is 0 Å². The highest BCUT2D eigenvalue weighted by Gasteiger charge is 2.18. The Bertz CT molecular complexity index is 645. The number of halogens is 2. The lowest BCUT2D eigenvalue weighted by Gasteiger charge is -2.14. The quantitative estimate of drug-likeness (QED) is 0.592. The minimum Gasteiger partial charge on any atom is -0.508 e. The fraction of sp³-hybridized carbons (Fsp3) is 0.133.